The van der Waals surface area contributed by atoms with Crippen molar-refractivity contribution in [1.82, 2.24) is 0 Å². The molecule has 0 bridgehead atoms. The van der Waals surface area contributed by atoms with Crippen LogP contribution in [0.15, 0.2) is 0 Å². The molecule has 1 aliphatic rings. The molecule has 11 heavy (non-hydrogen) atoms. The van der Waals surface area contributed by atoms with Gasteiger partial charge in [-0.15, -0.1) is 0 Å². The maximum Gasteiger partial charge on any atom is 0.0927 e. The zero-order valence-corrected chi connectivity index (χ0v) is 6.66. The molecule has 0 aromatic heterocycles. The first kappa shape index (κ1) is 8.97. The SMILES string of the molecule is OCCC1(O)CCCCC1O. The highest BCUT2D eigenvalue weighted by Crippen LogP contribution is 2.30. The normalized spacial score (nSPS) is 39.0. The third-order valence-electron chi connectivity index (χ3n) is 2.50. The van der Waals surface area contributed by atoms with E-state index in [1.807, 2.05) is 0 Å². The van der Waals surface area contributed by atoms with Gasteiger partial charge >= 0.3 is 0 Å². The van der Waals surface area contributed by atoms with Gasteiger partial charge in [0.2, 0.25) is 0 Å². The second-order valence-electron chi connectivity index (χ2n) is 3.34. The average molecular weight is 160 g/mol. The predicted octanol–water partition coefficient (Wildman–Crippen LogP) is 0.0348. The van der Waals surface area contributed by atoms with E-state index in [0.717, 1.165) is 12.8 Å². The summed E-state index contributed by atoms with van der Waals surface area (Å²) in [6, 6.07) is 0. The van der Waals surface area contributed by atoms with Crippen LogP contribution in [0.5, 0.6) is 0 Å². The Hall–Kier alpha value is -0.120. The molecule has 3 heteroatoms. The highest BCUT2D eigenvalue weighted by Gasteiger charge is 2.36. The zero-order valence-electron chi connectivity index (χ0n) is 6.66. The van der Waals surface area contributed by atoms with Gasteiger partial charge in [0.15, 0.2) is 0 Å². The van der Waals surface area contributed by atoms with Crippen molar-refractivity contribution in [2.24, 2.45) is 0 Å². The topological polar surface area (TPSA) is 60.7 Å². The van der Waals surface area contributed by atoms with Crippen molar-refractivity contribution >= 4 is 0 Å². The highest BCUT2D eigenvalue weighted by atomic mass is 16.3. The molecule has 1 fully saturated rings. The van der Waals surface area contributed by atoms with Gasteiger partial charge in [-0.2, -0.15) is 0 Å². The predicted molar refractivity (Wildman–Crippen MR) is 41.1 cm³/mol. The van der Waals surface area contributed by atoms with Gasteiger partial charge in [-0.05, 0) is 12.8 Å². The molecule has 0 saturated heterocycles. The number of rotatable bonds is 2. The van der Waals surface area contributed by atoms with E-state index >= 15 is 0 Å². The Kier molecular flexibility index (Phi) is 2.87. The van der Waals surface area contributed by atoms with Crippen LogP contribution in [-0.2, 0) is 0 Å². The summed E-state index contributed by atoms with van der Waals surface area (Å²) >= 11 is 0. The summed E-state index contributed by atoms with van der Waals surface area (Å²) in [6.07, 6.45) is 2.88. The van der Waals surface area contributed by atoms with Crippen LogP contribution in [0.3, 0.4) is 0 Å². The lowest BCUT2D eigenvalue weighted by Gasteiger charge is -2.36. The van der Waals surface area contributed by atoms with Gasteiger partial charge in [0.05, 0.1) is 11.7 Å². The van der Waals surface area contributed by atoms with Gasteiger partial charge in [0.25, 0.3) is 0 Å². The molecule has 0 spiro atoms. The van der Waals surface area contributed by atoms with Gasteiger partial charge in [0.1, 0.15) is 0 Å². The molecule has 3 N–H and O–H groups in total. The van der Waals surface area contributed by atoms with Crippen molar-refractivity contribution in [3.8, 4) is 0 Å². The van der Waals surface area contributed by atoms with Gasteiger partial charge in [-0.1, -0.05) is 12.8 Å². The van der Waals surface area contributed by atoms with Crippen LogP contribution in [0.2, 0.25) is 0 Å². The molecule has 2 unspecified atom stereocenters. The van der Waals surface area contributed by atoms with Crippen molar-refractivity contribution in [2.45, 2.75) is 43.8 Å². The summed E-state index contributed by atoms with van der Waals surface area (Å²) in [7, 11) is 0. The molecule has 0 radical (unpaired) electrons. The number of aliphatic hydroxyl groups is 3. The van der Waals surface area contributed by atoms with E-state index < -0.39 is 11.7 Å². The molecule has 0 aromatic carbocycles. The lowest BCUT2D eigenvalue weighted by molar-refractivity contribution is -0.110. The molecular formula is C8H16O3. The van der Waals surface area contributed by atoms with Crippen molar-refractivity contribution in [2.75, 3.05) is 6.61 Å². The van der Waals surface area contributed by atoms with Gasteiger partial charge in [-0.3, -0.25) is 0 Å². The van der Waals surface area contributed by atoms with Crippen LogP contribution in [0.1, 0.15) is 32.1 Å². The minimum atomic E-state index is -1.01. The third-order valence-corrected chi connectivity index (χ3v) is 2.50. The minimum Gasteiger partial charge on any atom is -0.396 e. The Morgan fingerprint density at radius 1 is 1.36 bits per heavy atom. The minimum absolute atomic E-state index is 0.0481. The van der Waals surface area contributed by atoms with E-state index in [0.29, 0.717) is 19.3 Å². The molecule has 1 rings (SSSR count). The van der Waals surface area contributed by atoms with E-state index in [9.17, 15) is 10.2 Å². The fourth-order valence-corrected chi connectivity index (χ4v) is 1.69. The van der Waals surface area contributed by atoms with Crippen molar-refractivity contribution in [1.29, 1.82) is 0 Å². The first-order valence-corrected chi connectivity index (χ1v) is 4.20. The van der Waals surface area contributed by atoms with Crippen molar-refractivity contribution in [3.05, 3.63) is 0 Å². The van der Waals surface area contributed by atoms with Crippen LogP contribution in [-0.4, -0.2) is 33.6 Å². The third kappa shape index (κ3) is 1.92. The van der Waals surface area contributed by atoms with Gasteiger partial charge < -0.3 is 15.3 Å². The van der Waals surface area contributed by atoms with Crippen LogP contribution >= 0.6 is 0 Å². The van der Waals surface area contributed by atoms with E-state index in [4.69, 9.17) is 5.11 Å². The summed E-state index contributed by atoms with van der Waals surface area (Å²) < 4.78 is 0. The van der Waals surface area contributed by atoms with Crippen LogP contribution < -0.4 is 0 Å². The summed E-state index contributed by atoms with van der Waals surface area (Å²) in [5, 5.41) is 27.8. The Labute approximate surface area is 66.7 Å². The maximum atomic E-state index is 9.73. The van der Waals surface area contributed by atoms with E-state index in [-0.39, 0.29) is 6.61 Å². The molecule has 2 atom stereocenters. The first-order chi connectivity index (χ1) is 5.19. The second-order valence-corrected chi connectivity index (χ2v) is 3.34. The molecular weight excluding hydrogens is 144 g/mol. The molecule has 1 saturated carbocycles. The van der Waals surface area contributed by atoms with Crippen molar-refractivity contribution in [3.63, 3.8) is 0 Å². The standard InChI is InChI=1S/C8H16O3/c9-6-5-8(11)4-2-1-3-7(8)10/h7,9-11H,1-6H2. The van der Waals surface area contributed by atoms with Gasteiger partial charge in [-0.25, -0.2) is 0 Å². The monoisotopic (exact) mass is 160 g/mol. The first-order valence-electron chi connectivity index (χ1n) is 4.20. The summed E-state index contributed by atoms with van der Waals surface area (Å²) in [5.74, 6) is 0. The number of aliphatic hydroxyl groups excluding tert-OH is 2. The number of hydrogen-bond acceptors (Lipinski definition) is 3. The van der Waals surface area contributed by atoms with Crippen LogP contribution in [0.25, 0.3) is 0 Å². The molecule has 66 valence electrons. The van der Waals surface area contributed by atoms with Crippen LogP contribution in [0, 0.1) is 0 Å². The largest absolute Gasteiger partial charge is 0.396 e. The Balaban J connectivity index is 2.49. The second kappa shape index (κ2) is 3.52. The summed E-state index contributed by atoms with van der Waals surface area (Å²) in [5.41, 5.74) is -1.01. The van der Waals surface area contributed by atoms with E-state index in [2.05, 4.69) is 0 Å². The quantitative estimate of drug-likeness (QED) is 0.534. The van der Waals surface area contributed by atoms with E-state index in [1.165, 1.54) is 0 Å². The Bertz CT molecular complexity index is 123. The Morgan fingerprint density at radius 2 is 2.09 bits per heavy atom. The summed E-state index contributed by atoms with van der Waals surface area (Å²) in [4.78, 5) is 0. The molecule has 0 amide bonds. The number of hydrogen-bond donors (Lipinski definition) is 3. The molecule has 1 aliphatic carbocycles. The molecule has 3 nitrogen and oxygen atoms in total. The van der Waals surface area contributed by atoms with Gasteiger partial charge in [0, 0.05) is 13.0 Å². The smallest absolute Gasteiger partial charge is 0.0927 e. The lowest BCUT2D eigenvalue weighted by atomic mass is 9.80. The van der Waals surface area contributed by atoms with Crippen LogP contribution in [0.4, 0.5) is 0 Å². The average Bonchev–Trinajstić information content (AvgIpc) is 1.96. The maximum absolute atomic E-state index is 9.73. The van der Waals surface area contributed by atoms with E-state index in [1.54, 1.807) is 0 Å². The zero-order chi connectivity index (χ0) is 8.32. The molecule has 0 aromatic rings. The Morgan fingerprint density at radius 3 is 2.64 bits per heavy atom. The molecule has 0 heterocycles. The lowest BCUT2D eigenvalue weighted by Crippen LogP contribution is -2.45. The molecule has 0 aliphatic heterocycles. The highest BCUT2D eigenvalue weighted by molar-refractivity contribution is 4.89. The fraction of sp³-hybridized carbons (Fsp3) is 1.00. The summed E-state index contributed by atoms with van der Waals surface area (Å²) in [6.45, 7) is -0.0481. The fourth-order valence-electron chi connectivity index (χ4n) is 1.69. The van der Waals surface area contributed by atoms with Crippen molar-refractivity contribution < 1.29 is 15.3 Å².